The molecule has 1 heterocycles. The molecule has 1 fully saturated rings. The van der Waals surface area contributed by atoms with Crippen LogP contribution >= 0.6 is 23.2 Å². The molecule has 0 aromatic heterocycles. The van der Waals surface area contributed by atoms with Crippen LogP contribution in [0, 0.1) is 5.92 Å². The fraction of sp³-hybridized carbons (Fsp3) is 0.833. The van der Waals surface area contributed by atoms with Gasteiger partial charge in [-0.3, -0.25) is 4.90 Å². The highest BCUT2D eigenvalue weighted by Gasteiger charge is 2.18. The van der Waals surface area contributed by atoms with Gasteiger partial charge in [-0.05, 0) is 38.4 Å². The van der Waals surface area contributed by atoms with Crippen LogP contribution in [0.15, 0.2) is 10.6 Å². The molecule has 0 spiro atoms. The predicted octanol–water partition coefficient (Wildman–Crippen LogP) is 2.25. The molecule has 1 N–H and O–H groups in total. The van der Waals surface area contributed by atoms with Gasteiger partial charge in [-0.25, -0.2) is 0 Å². The van der Waals surface area contributed by atoms with Crippen LogP contribution in [0.5, 0.6) is 0 Å². The summed E-state index contributed by atoms with van der Waals surface area (Å²) in [6, 6.07) is 0. The standard InChI is InChI=1S/C12H22Cl2N2O/c1-17-7-4-15-9-11-2-5-16(6-3-11)10-12(14)8-13/h8,11,15H,2-7,9-10H2,1H3. The predicted molar refractivity (Wildman–Crippen MR) is 73.7 cm³/mol. The lowest BCUT2D eigenvalue weighted by Crippen LogP contribution is -2.38. The molecule has 0 bridgehead atoms. The lowest BCUT2D eigenvalue weighted by Gasteiger charge is -2.31. The molecule has 0 aliphatic carbocycles. The highest BCUT2D eigenvalue weighted by atomic mass is 35.5. The van der Waals surface area contributed by atoms with E-state index in [1.807, 2.05) is 0 Å². The maximum atomic E-state index is 5.91. The monoisotopic (exact) mass is 280 g/mol. The summed E-state index contributed by atoms with van der Waals surface area (Å²) in [6.07, 6.45) is 2.46. The Bertz CT molecular complexity index is 229. The van der Waals surface area contributed by atoms with E-state index in [4.69, 9.17) is 27.9 Å². The smallest absolute Gasteiger partial charge is 0.0587 e. The highest BCUT2D eigenvalue weighted by molar-refractivity contribution is 6.36. The van der Waals surface area contributed by atoms with Crippen LogP contribution in [0.1, 0.15) is 12.8 Å². The topological polar surface area (TPSA) is 24.5 Å². The van der Waals surface area contributed by atoms with Crippen LogP contribution in [0.3, 0.4) is 0 Å². The Kier molecular flexibility index (Phi) is 8.23. The van der Waals surface area contributed by atoms with Crippen molar-refractivity contribution in [3.8, 4) is 0 Å². The average molecular weight is 281 g/mol. The number of methoxy groups -OCH3 is 1. The number of halogens is 2. The third-order valence-electron chi connectivity index (χ3n) is 3.12. The molecule has 5 heteroatoms. The van der Waals surface area contributed by atoms with Gasteiger partial charge in [0.1, 0.15) is 0 Å². The summed E-state index contributed by atoms with van der Waals surface area (Å²) in [5.41, 5.74) is 1.46. The van der Waals surface area contributed by atoms with Crippen molar-refractivity contribution < 1.29 is 4.74 Å². The van der Waals surface area contributed by atoms with Crippen molar-refractivity contribution in [3.05, 3.63) is 10.6 Å². The minimum absolute atomic E-state index is 0.725. The van der Waals surface area contributed by atoms with Gasteiger partial charge in [-0.2, -0.15) is 0 Å². The summed E-state index contributed by atoms with van der Waals surface area (Å²) in [4.78, 5) is 2.35. The molecule has 0 aromatic carbocycles. The number of likely N-dealkylation sites (tertiary alicyclic amines) is 1. The van der Waals surface area contributed by atoms with Gasteiger partial charge in [0.2, 0.25) is 0 Å². The molecule has 3 nitrogen and oxygen atoms in total. The molecule has 0 atom stereocenters. The van der Waals surface area contributed by atoms with Gasteiger partial charge in [-0.15, -0.1) is 0 Å². The van der Waals surface area contributed by atoms with Gasteiger partial charge >= 0.3 is 0 Å². The van der Waals surface area contributed by atoms with E-state index in [1.54, 1.807) is 7.11 Å². The second kappa shape index (κ2) is 9.17. The van der Waals surface area contributed by atoms with Gasteiger partial charge in [0, 0.05) is 30.8 Å². The third kappa shape index (κ3) is 6.63. The van der Waals surface area contributed by atoms with E-state index in [0.29, 0.717) is 0 Å². The third-order valence-corrected chi connectivity index (χ3v) is 3.72. The average Bonchev–Trinajstić information content (AvgIpc) is 2.36. The van der Waals surface area contributed by atoms with Crippen LogP contribution < -0.4 is 5.32 Å². The Morgan fingerprint density at radius 2 is 2.18 bits per heavy atom. The van der Waals surface area contributed by atoms with Crippen molar-refractivity contribution in [2.75, 3.05) is 46.4 Å². The largest absolute Gasteiger partial charge is 0.383 e. The first-order valence-electron chi connectivity index (χ1n) is 6.13. The van der Waals surface area contributed by atoms with E-state index >= 15 is 0 Å². The summed E-state index contributed by atoms with van der Waals surface area (Å²) in [7, 11) is 1.73. The van der Waals surface area contributed by atoms with Gasteiger partial charge in [0.25, 0.3) is 0 Å². The molecule has 17 heavy (non-hydrogen) atoms. The van der Waals surface area contributed by atoms with Crippen molar-refractivity contribution in [1.29, 1.82) is 0 Å². The van der Waals surface area contributed by atoms with E-state index in [-0.39, 0.29) is 0 Å². The normalized spacial score (nSPS) is 19.8. The molecule has 1 aliphatic rings. The molecule has 0 saturated carbocycles. The maximum absolute atomic E-state index is 5.91. The molecular weight excluding hydrogens is 259 g/mol. The van der Waals surface area contributed by atoms with Crippen LogP contribution in [-0.2, 0) is 4.74 Å². The minimum atomic E-state index is 0.725. The first-order chi connectivity index (χ1) is 8.26. The number of piperidine rings is 1. The molecule has 0 aromatic rings. The maximum Gasteiger partial charge on any atom is 0.0587 e. The molecule has 0 amide bonds. The van der Waals surface area contributed by atoms with E-state index < -0.39 is 0 Å². The van der Waals surface area contributed by atoms with Gasteiger partial charge in [0.15, 0.2) is 0 Å². The zero-order chi connectivity index (χ0) is 12.5. The van der Waals surface area contributed by atoms with Crippen molar-refractivity contribution in [3.63, 3.8) is 0 Å². The van der Waals surface area contributed by atoms with E-state index in [2.05, 4.69) is 10.2 Å². The molecule has 1 rings (SSSR count). The summed E-state index contributed by atoms with van der Waals surface area (Å²) in [6.45, 7) is 5.83. The number of hydrogen-bond acceptors (Lipinski definition) is 3. The lowest BCUT2D eigenvalue weighted by molar-refractivity contribution is 0.181. The number of rotatable bonds is 7. The van der Waals surface area contributed by atoms with Crippen LogP contribution in [0.4, 0.5) is 0 Å². The zero-order valence-electron chi connectivity index (χ0n) is 10.4. The summed E-state index contributed by atoms with van der Waals surface area (Å²) in [5.74, 6) is 0.780. The Balaban J connectivity index is 2.09. The Labute approximate surface area is 114 Å². The van der Waals surface area contributed by atoms with Gasteiger partial charge in [-0.1, -0.05) is 23.2 Å². The van der Waals surface area contributed by atoms with Gasteiger partial charge in [0.05, 0.1) is 6.61 Å². The van der Waals surface area contributed by atoms with Crippen LogP contribution in [0.25, 0.3) is 0 Å². The van der Waals surface area contributed by atoms with E-state index in [0.717, 1.165) is 50.3 Å². The first-order valence-corrected chi connectivity index (χ1v) is 6.94. The lowest BCUT2D eigenvalue weighted by atomic mass is 9.97. The quantitative estimate of drug-likeness (QED) is 0.724. The van der Waals surface area contributed by atoms with E-state index in [1.165, 1.54) is 18.4 Å². The van der Waals surface area contributed by atoms with Crippen molar-refractivity contribution >= 4 is 23.2 Å². The number of hydrogen-bond donors (Lipinski definition) is 1. The van der Waals surface area contributed by atoms with Crippen molar-refractivity contribution in [1.82, 2.24) is 10.2 Å². The van der Waals surface area contributed by atoms with Crippen molar-refractivity contribution in [2.45, 2.75) is 12.8 Å². The fourth-order valence-electron chi connectivity index (χ4n) is 2.08. The fourth-order valence-corrected chi connectivity index (χ4v) is 2.32. The number of nitrogens with one attached hydrogen (secondary N) is 1. The second-order valence-corrected chi connectivity index (χ2v) is 5.18. The minimum Gasteiger partial charge on any atom is -0.383 e. The summed E-state index contributed by atoms with van der Waals surface area (Å²) in [5, 5.41) is 4.15. The Morgan fingerprint density at radius 1 is 1.47 bits per heavy atom. The highest BCUT2D eigenvalue weighted by Crippen LogP contribution is 2.18. The van der Waals surface area contributed by atoms with E-state index in [9.17, 15) is 0 Å². The molecule has 1 aliphatic heterocycles. The summed E-state index contributed by atoms with van der Waals surface area (Å²) >= 11 is 11.5. The first kappa shape index (κ1) is 15.3. The van der Waals surface area contributed by atoms with Crippen LogP contribution in [-0.4, -0.2) is 51.3 Å². The molecule has 100 valence electrons. The SMILES string of the molecule is COCCNCC1CCN(CC(Cl)=CCl)CC1. The Morgan fingerprint density at radius 3 is 2.76 bits per heavy atom. The number of ether oxygens (including phenoxy) is 1. The molecular formula is C12H22Cl2N2O. The number of nitrogens with zero attached hydrogens (tertiary/aromatic N) is 1. The van der Waals surface area contributed by atoms with Crippen LogP contribution in [0.2, 0.25) is 0 Å². The Hall–Kier alpha value is 0.200. The summed E-state index contributed by atoms with van der Waals surface area (Å²) < 4.78 is 5.00. The zero-order valence-corrected chi connectivity index (χ0v) is 11.9. The second-order valence-electron chi connectivity index (χ2n) is 4.47. The van der Waals surface area contributed by atoms with Crippen molar-refractivity contribution in [2.24, 2.45) is 5.92 Å². The van der Waals surface area contributed by atoms with Gasteiger partial charge < -0.3 is 10.1 Å². The molecule has 0 unspecified atom stereocenters. The molecule has 1 saturated heterocycles. The molecule has 0 radical (unpaired) electrons.